The molecule has 0 aliphatic rings. The van der Waals surface area contributed by atoms with E-state index < -0.39 is 17.9 Å². The summed E-state index contributed by atoms with van der Waals surface area (Å²) in [6, 6.07) is 0. The number of quaternary nitrogens is 1. The summed E-state index contributed by atoms with van der Waals surface area (Å²) in [6.45, 7) is 5.84. The fourth-order valence-corrected chi connectivity index (χ4v) is 4.90. The van der Waals surface area contributed by atoms with E-state index in [1.807, 2.05) is 0 Å². The molecule has 0 aliphatic carbocycles. The van der Waals surface area contributed by atoms with Crippen molar-refractivity contribution in [3.8, 4) is 0 Å². The van der Waals surface area contributed by atoms with Crippen molar-refractivity contribution in [1.29, 1.82) is 0 Å². The second-order valence-corrected chi connectivity index (χ2v) is 10.3. The quantitative estimate of drug-likeness (QED) is 0.0618. The van der Waals surface area contributed by atoms with Gasteiger partial charge in [0.05, 0.1) is 26.2 Å². The molecule has 0 saturated carbocycles. The lowest BCUT2D eigenvalue weighted by atomic mass is 10.0. The summed E-state index contributed by atoms with van der Waals surface area (Å²) in [6.07, 6.45) is 21.7. The second-order valence-electron chi connectivity index (χ2n) is 10.3. The lowest BCUT2D eigenvalue weighted by molar-refractivity contribution is -0.929. The van der Waals surface area contributed by atoms with Crippen molar-refractivity contribution in [1.82, 2.24) is 0 Å². The molecule has 3 N–H and O–H groups in total. The minimum Gasteiger partial charge on any atom is -0.481 e. The van der Waals surface area contributed by atoms with E-state index in [4.69, 9.17) is 15.3 Å². The first-order valence-electron chi connectivity index (χ1n) is 14.5. The van der Waals surface area contributed by atoms with Gasteiger partial charge in [-0.2, -0.15) is 0 Å². The van der Waals surface area contributed by atoms with Crippen molar-refractivity contribution in [2.24, 2.45) is 0 Å². The molecule has 0 heterocycles. The molecule has 0 atom stereocenters. The van der Waals surface area contributed by atoms with Crippen molar-refractivity contribution in [3.05, 3.63) is 12.2 Å². The number of allylic oxidation sites excluding steroid dienone is 2. The second kappa shape index (κ2) is 23.5. The predicted molar refractivity (Wildman–Crippen MR) is 145 cm³/mol. The summed E-state index contributed by atoms with van der Waals surface area (Å²) < 4.78 is 0.865. The van der Waals surface area contributed by atoms with Crippen LogP contribution >= 0.6 is 0 Å². The molecule has 7 heteroatoms. The molecule has 0 radical (unpaired) electrons. The molecule has 0 aromatic heterocycles. The van der Waals surface area contributed by atoms with Gasteiger partial charge in [-0.15, -0.1) is 0 Å². The molecule has 0 rings (SSSR count). The van der Waals surface area contributed by atoms with E-state index in [9.17, 15) is 14.4 Å². The first kappa shape index (κ1) is 34.1. The number of carboxylic acids is 3. The van der Waals surface area contributed by atoms with E-state index in [0.717, 1.165) is 62.8 Å². The fourth-order valence-electron chi connectivity index (χ4n) is 4.90. The molecule has 210 valence electrons. The van der Waals surface area contributed by atoms with Gasteiger partial charge in [0.2, 0.25) is 0 Å². The van der Waals surface area contributed by atoms with Crippen LogP contribution < -0.4 is 0 Å². The highest BCUT2D eigenvalue weighted by molar-refractivity contribution is 5.67. The van der Waals surface area contributed by atoms with Crippen LogP contribution in [0, 0.1) is 0 Å². The average Bonchev–Trinajstić information content (AvgIpc) is 2.82. The lowest BCUT2D eigenvalue weighted by Gasteiger charge is -2.39. The van der Waals surface area contributed by atoms with Gasteiger partial charge in [-0.25, -0.2) is 0 Å². The molecule has 0 fully saturated rings. The number of unbranched alkanes of at least 4 members (excludes halogenated alkanes) is 11. The number of aliphatic carboxylic acids is 3. The zero-order valence-corrected chi connectivity index (χ0v) is 22.9. The highest BCUT2D eigenvalue weighted by Gasteiger charge is 2.26. The van der Waals surface area contributed by atoms with E-state index in [-0.39, 0.29) is 19.3 Å². The molecular weight excluding hydrogens is 458 g/mol. The SMILES string of the molecule is CC/C=C/CCCCCCCCCC[N+](CCCCC(=O)O)(CCCCC(=O)O)CCCCC(=O)O. The first-order chi connectivity index (χ1) is 17.3. The average molecular weight is 513 g/mol. The standard InChI is InChI=1S/C29H53NO6/c1-2-3-4-5-6-7-8-9-10-11-12-16-23-30(24-17-13-20-27(31)32,25-18-14-21-28(33)34)26-19-15-22-29(35)36/h3-4H,2,5-26H2,1H3,(H2-,31,32,33,34,35,36)/p+1/b4-3+. The van der Waals surface area contributed by atoms with Crippen LogP contribution in [-0.4, -0.2) is 63.9 Å². The molecule has 0 saturated heterocycles. The third-order valence-corrected chi connectivity index (χ3v) is 6.97. The molecular formula is C29H54NO6+. The number of hydrogen-bond donors (Lipinski definition) is 3. The van der Waals surface area contributed by atoms with E-state index in [1.54, 1.807) is 0 Å². The predicted octanol–water partition coefficient (Wildman–Crippen LogP) is 7.05. The van der Waals surface area contributed by atoms with E-state index in [0.29, 0.717) is 19.3 Å². The minimum absolute atomic E-state index is 0.174. The highest BCUT2D eigenvalue weighted by atomic mass is 16.4. The topological polar surface area (TPSA) is 112 Å². The Balaban J connectivity index is 4.65. The van der Waals surface area contributed by atoms with Crippen molar-refractivity contribution in [2.75, 3.05) is 26.2 Å². The zero-order valence-electron chi connectivity index (χ0n) is 22.9. The van der Waals surface area contributed by atoms with Gasteiger partial charge < -0.3 is 19.8 Å². The molecule has 0 amide bonds. The number of nitrogens with zero attached hydrogens (tertiary/aromatic N) is 1. The van der Waals surface area contributed by atoms with Crippen molar-refractivity contribution in [3.63, 3.8) is 0 Å². The van der Waals surface area contributed by atoms with E-state index in [1.165, 1.54) is 51.4 Å². The van der Waals surface area contributed by atoms with Crippen LogP contribution in [0.15, 0.2) is 12.2 Å². The Morgan fingerprint density at radius 3 is 1.19 bits per heavy atom. The molecule has 0 spiro atoms. The van der Waals surface area contributed by atoms with Crippen LogP contribution in [0.5, 0.6) is 0 Å². The third-order valence-electron chi connectivity index (χ3n) is 6.97. The summed E-state index contributed by atoms with van der Waals surface area (Å²) in [5, 5.41) is 27.0. The Kier molecular flexibility index (Phi) is 22.3. The third kappa shape index (κ3) is 22.6. The van der Waals surface area contributed by atoms with Crippen molar-refractivity contribution < 1.29 is 34.2 Å². The molecule has 36 heavy (non-hydrogen) atoms. The summed E-state index contributed by atoms with van der Waals surface area (Å²) in [5.74, 6) is -2.31. The van der Waals surface area contributed by atoms with Crippen molar-refractivity contribution in [2.45, 2.75) is 129 Å². The monoisotopic (exact) mass is 512 g/mol. The largest absolute Gasteiger partial charge is 0.481 e. The Bertz CT molecular complexity index is 550. The Labute approximate surface area is 219 Å². The van der Waals surface area contributed by atoms with Gasteiger partial charge in [-0.3, -0.25) is 14.4 Å². The lowest BCUT2D eigenvalue weighted by Crippen LogP contribution is -2.51. The maximum absolute atomic E-state index is 11.0. The van der Waals surface area contributed by atoms with Crippen LogP contribution in [0.1, 0.15) is 129 Å². The van der Waals surface area contributed by atoms with Crippen molar-refractivity contribution >= 4 is 17.9 Å². The number of hydrogen-bond acceptors (Lipinski definition) is 3. The van der Waals surface area contributed by atoms with Gasteiger partial charge in [0.25, 0.3) is 0 Å². The number of carboxylic acid groups (broad SMARTS) is 3. The fraction of sp³-hybridized carbons (Fsp3) is 0.828. The van der Waals surface area contributed by atoms with Gasteiger partial charge in [0.1, 0.15) is 0 Å². The molecule has 0 unspecified atom stereocenters. The maximum Gasteiger partial charge on any atom is 0.303 e. The Hall–Kier alpha value is -1.89. The van der Waals surface area contributed by atoms with Gasteiger partial charge in [0.15, 0.2) is 0 Å². The summed E-state index contributed by atoms with van der Waals surface area (Å²) in [4.78, 5) is 32.9. The van der Waals surface area contributed by atoms with Crippen LogP contribution in [0.2, 0.25) is 0 Å². The highest BCUT2D eigenvalue weighted by Crippen LogP contribution is 2.19. The molecule has 0 aromatic carbocycles. The smallest absolute Gasteiger partial charge is 0.303 e. The first-order valence-corrected chi connectivity index (χ1v) is 14.5. The van der Waals surface area contributed by atoms with Gasteiger partial charge >= 0.3 is 17.9 Å². The summed E-state index contributed by atoms with van der Waals surface area (Å²) in [7, 11) is 0. The summed E-state index contributed by atoms with van der Waals surface area (Å²) in [5.41, 5.74) is 0. The molecule has 0 aliphatic heterocycles. The maximum atomic E-state index is 11.0. The van der Waals surface area contributed by atoms with E-state index >= 15 is 0 Å². The minimum atomic E-state index is -0.770. The number of rotatable bonds is 27. The zero-order chi connectivity index (χ0) is 26.9. The van der Waals surface area contributed by atoms with Gasteiger partial charge in [-0.05, 0) is 70.6 Å². The Morgan fingerprint density at radius 2 is 0.833 bits per heavy atom. The van der Waals surface area contributed by atoms with Crippen LogP contribution in [0.25, 0.3) is 0 Å². The Morgan fingerprint density at radius 1 is 0.500 bits per heavy atom. The molecule has 7 nitrogen and oxygen atoms in total. The van der Waals surface area contributed by atoms with E-state index in [2.05, 4.69) is 19.1 Å². The molecule has 0 bridgehead atoms. The summed E-state index contributed by atoms with van der Waals surface area (Å²) >= 11 is 0. The van der Waals surface area contributed by atoms with Crippen LogP contribution in [0.4, 0.5) is 0 Å². The normalized spacial score (nSPS) is 11.8. The van der Waals surface area contributed by atoms with Crippen LogP contribution in [-0.2, 0) is 14.4 Å². The number of carbonyl (C=O) groups is 3. The van der Waals surface area contributed by atoms with Crippen LogP contribution in [0.3, 0.4) is 0 Å². The van der Waals surface area contributed by atoms with Gasteiger partial charge in [0, 0.05) is 19.3 Å². The van der Waals surface area contributed by atoms with Gasteiger partial charge in [-0.1, -0.05) is 51.2 Å². The molecule has 0 aromatic rings.